The molecule has 0 atom stereocenters. The first-order chi connectivity index (χ1) is 11.9. The van der Waals surface area contributed by atoms with Crippen LogP contribution in [0.1, 0.15) is 51.9 Å². The van der Waals surface area contributed by atoms with E-state index in [4.69, 9.17) is 9.47 Å². The van der Waals surface area contributed by atoms with Crippen molar-refractivity contribution in [3.05, 3.63) is 28.2 Å². The second-order valence-electron chi connectivity index (χ2n) is 7.12. The highest BCUT2D eigenvalue weighted by molar-refractivity contribution is 9.10. The third-order valence-corrected chi connectivity index (χ3v) is 3.55. The van der Waals surface area contributed by atoms with E-state index in [0.29, 0.717) is 4.47 Å². The lowest BCUT2D eigenvalue weighted by Crippen LogP contribution is -2.53. The van der Waals surface area contributed by atoms with Crippen LogP contribution in [0.5, 0.6) is 0 Å². The SMILES string of the molecule is CCOC(=O)c1cc(Br)ccc1NC(=O)NC(C)(C)C(=O)OC(C)(C)C. The molecule has 26 heavy (non-hydrogen) atoms. The molecule has 0 aromatic heterocycles. The van der Waals surface area contributed by atoms with Gasteiger partial charge in [0.2, 0.25) is 0 Å². The van der Waals surface area contributed by atoms with Gasteiger partial charge < -0.3 is 20.1 Å². The molecule has 0 spiro atoms. The van der Waals surface area contributed by atoms with Crippen LogP contribution in [0.15, 0.2) is 22.7 Å². The van der Waals surface area contributed by atoms with E-state index in [9.17, 15) is 14.4 Å². The van der Waals surface area contributed by atoms with Crippen molar-refractivity contribution in [1.29, 1.82) is 0 Å². The van der Waals surface area contributed by atoms with Crippen molar-refractivity contribution in [2.24, 2.45) is 0 Å². The van der Waals surface area contributed by atoms with Crippen molar-refractivity contribution >= 4 is 39.6 Å². The molecule has 0 heterocycles. The maximum atomic E-state index is 12.3. The Kier molecular flexibility index (Phi) is 7.20. The summed E-state index contributed by atoms with van der Waals surface area (Å²) in [7, 11) is 0. The van der Waals surface area contributed by atoms with Crippen molar-refractivity contribution in [2.75, 3.05) is 11.9 Å². The molecule has 1 rings (SSSR count). The number of amides is 2. The summed E-state index contributed by atoms with van der Waals surface area (Å²) in [6.45, 7) is 10.2. The summed E-state index contributed by atoms with van der Waals surface area (Å²) < 4.78 is 11.0. The van der Waals surface area contributed by atoms with E-state index in [2.05, 4.69) is 26.6 Å². The Hall–Kier alpha value is -2.09. The number of hydrogen-bond donors (Lipinski definition) is 2. The minimum atomic E-state index is -1.25. The number of carbonyl (C=O) groups excluding carboxylic acids is 3. The number of nitrogens with one attached hydrogen (secondary N) is 2. The highest BCUT2D eigenvalue weighted by Crippen LogP contribution is 2.22. The average Bonchev–Trinajstić information content (AvgIpc) is 2.47. The van der Waals surface area contributed by atoms with Crippen LogP contribution in [0.3, 0.4) is 0 Å². The van der Waals surface area contributed by atoms with Crippen LogP contribution < -0.4 is 10.6 Å². The van der Waals surface area contributed by atoms with Crippen molar-refractivity contribution in [1.82, 2.24) is 5.32 Å². The van der Waals surface area contributed by atoms with Gasteiger partial charge in [-0.1, -0.05) is 15.9 Å². The molecule has 0 aliphatic rings. The van der Waals surface area contributed by atoms with E-state index in [-0.39, 0.29) is 17.9 Å². The Labute approximate surface area is 161 Å². The lowest BCUT2D eigenvalue weighted by Gasteiger charge is -2.29. The van der Waals surface area contributed by atoms with Crippen LogP contribution in [-0.2, 0) is 14.3 Å². The van der Waals surface area contributed by atoms with Crippen LogP contribution in [0.2, 0.25) is 0 Å². The third kappa shape index (κ3) is 6.67. The third-order valence-electron chi connectivity index (χ3n) is 3.06. The molecule has 0 aliphatic carbocycles. The number of ether oxygens (including phenoxy) is 2. The molecule has 1 aromatic rings. The molecule has 2 N–H and O–H groups in total. The van der Waals surface area contributed by atoms with Gasteiger partial charge in [0.15, 0.2) is 0 Å². The largest absolute Gasteiger partial charge is 0.462 e. The lowest BCUT2D eigenvalue weighted by atomic mass is 10.1. The second-order valence-corrected chi connectivity index (χ2v) is 8.03. The fraction of sp³-hybridized carbons (Fsp3) is 0.500. The number of anilines is 1. The first-order valence-corrected chi connectivity index (χ1v) is 8.94. The van der Waals surface area contributed by atoms with E-state index in [1.54, 1.807) is 45.9 Å². The van der Waals surface area contributed by atoms with Gasteiger partial charge in [-0.25, -0.2) is 14.4 Å². The Morgan fingerprint density at radius 2 is 1.73 bits per heavy atom. The molecule has 7 nitrogen and oxygen atoms in total. The van der Waals surface area contributed by atoms with Gasteiger partial charge in [-0.2, -0.15) is 0 Å². The van der Waals surface area contributed by atoms with Crippen LogP contribution in [0.4, 0.5) is 10.5 Å². The fourth-order valence-electron chi connectivity index (χ4n) is 1.90. The normalized spacial score (nSPS) is 11.5. The van der Waals surface area contributed by atoms with Gasteiger partial charge in [-0.15, -0.1) is 0 Å². The maximum absolute atomic E-state index is 12.3. The molecule has 1 aromatic carbocycles. The molecule has 0 unspecified atom stereocenters. The van der Waals surface area contributed by atoms with E-state index in [1.807, 2.05) is 0 Å². The summed E-state index contributed by atoms with van der Waals surface area (Å²) >= 11 is 3.28. The number of urea groups is 1. The Balaban J connectivity index is 2.91. The first kappa shape index (κ1) is 22.0. The molecule has 0 saturated heterocycles. The predicted molar refractivity (Wildman–Crippen MR) is 102 cm³/mol. The summed E-state index contributed by atoms with van der Waals surface area (Å²) in [4.78, 5) is 36.6. The number of rotatable bonds is 5. The molecule has 0 bridgehead atoms. The second kappa shape index (κ2) is 8.53. The Morgan fingerprint density at radius 1 is 1.12 bits per heavy atom. The Morgan fingerprint density at radius 3 is 2.27 bits per heavy atom. The number of esters is 2. The van der Waals surface area contributed by atoms with Gasteiger partial charge in [0.05, 0.1) is 17.9 Å². The molecule has 2 amide bonds. The lowest BCUT2D eigenvalue weighted by molar-refractivity contribution is -0.161. The van der Waals surface area contributed by atoms with Crippen molar-refractivity contribution in [3.8, 4) is 0 Å². The standard InChI is InChI=1S/C18H25BrN2O5/c1-7-25-14(22)12-10-11(19)8-9-13(12)20-16(24)21-18(5,6)15(23)26-17(2,3)4/h8-10H,7H2,1-6H3,(H2,20,21,24). The molecule has 0 saturated carbocycles. The fourth-order valence-corrected chi connectivity index (χ4v) is 2.26. The van der Waals surface area contributed by atoms with Crippen molar-refractivity contribution < 1.29 is 23.9 Å². The summed E-state index contributed by atoms with van der Waals surface area (Å²) in [6.07, 6.45) is 0. The van der Waals surface area contributed by atoms with E-state index in [0.717, 1.165) is 0 Å². The van der Waals surface area contributed by atoms with Crippen molar-refractivity contribution in [3.63, 3.8) is 0 Å². The number of benzene rings is 1. The predicted octanol–water partition coefficient (Wildman–Crippen LogP) is 3.87. The van der Waals surface area contributed by atoms with Gasteiger partial charge in [0.1, 0.15) is 11.1 Å². The zero-order chi connectivity index (χ0) is 20.1. The van der Waals surface area contributed by atoms with E-state index in [1.165, 1.54) is 13.8 Å². The summed E-state index contributed by atoms with van der Waals surface area (Å²) in [5.41, 5.74) is -1.46. The smallest absolute Gasteiger partial charge is 0.340 e. The van der Waals surface area contributed by atoms with E-state index < -0.39 is 29.1 Å². The quantitative estimate of drug-likeness (QED) is 0.694. The number of hydrogen-bond acceptors (Lipinski definition) is 5. The van der Waals surface area contributed by atoms with Gasteiger partial charge in [0, 0.05) is 4.47 Å². The van der Waals surface area contributed by atoms with Crippen LogP contribution >= 0.6 is 15.9 Å². The molecule has 0 fully saturated rings. The monoisotopic (exact) mass is 428 g/mol. The number of carbonyl (C=O) groups is 3. The van der Waals surface area contributed by atoms with Gasteiger partial charge in [0.25, 0.3) is 0 Å². The number of halogens is 1. The summed E-state index contributed by atoms with van der Waals surface area (Å²) in [6, 6.07) is 4.15. The highest BCUT2D eigenvalue weighted by Gasteiger charge is 2.34. The zero-order valence-corrected chi connectivity index (χ0v) is 17.4. The van der Waals surface area contributed by atoms with Crippen LogP contribution in [0.25, 0.3) is 0 Å². The molecule has 144 valence electrons. The molecular weight excluding hydrogens is 404 g/mol. The minimum Gasteiger partial charge on any atom is -0.462 e. The van der Waals surface area contributed by atoms with Gasteiger partial charge in [-0.3, -0.25) is 0 Å². The molecule has 0 radical (unpaired) electrons. The highest BCUT2D eigenvalue weighted by atomic mass is 79.9. The topological polar surface area (TPSA) is 93.7 Å². The molecular formula is C18H25BrN2O5. The zero-order valence-electron chi connectivity index (χ0n) is 15.9. The van der Waals surface area contributed by atoms with E-state index >= 15 is 0 Å². The maximum Gasteiger partial charge on any atom is 0.340 e. The van der Waals surface area contributed by atoms with Crippen LogP contribution in [0, 0.1) is 0 Å². The average molecular weight is 429 g/mol. The summed E-state index contributed by atoms with van der Waals surface area (Å²) in [5, 5.41) is 5.12. The minimum absolute atomic E-state index is 0.200. The summed E-state index contributed by atoms with van der Waals surface area (Å²) in [5.74, 6) is -1.13. The van der Waals surface area contributed by atoms with Crippen molar-refractivity contribution in [2.45, 2.75) is 52.7 Å². The first-order valence-electron chi connectivity index (χ1n) is 8.15. The Bertz CT molecular complexity index is 695. The molecule has 8 heteroatoms. The molecule has 0 aliphatic heterocycles. The van der Waals surface area contributed by atoms with Crippen LogP contribution in [-0.4, -0.2) is 35.7 Å². The van der Waals surface area contributed by atoms with Gasteiger partial charge in [-0.05, 0) is 59.7 Å². The van der Waals surface area contributed by atoms with Gasteiger partial charge >= 0.3 is 18.0 Å².